The highest BCUT2D eigenvalue weighted by Gasteiger charge is 2.37. The van der Waals surface area contributed by atoms with Crippen molar-refractivity contribution in [2.75, 3.05) is 19.0 Å². The van der Waals surface area contributed by atoms with Gasteiger partial charge in [0.15, 0.2) is 0 Å². The van der Waals surface area contributed by atoms with E-state index in [9.17, 15) is 0 Å². The van der Waals surface area contributed by atoms with Gasteiger partial charge in [-0.25, -0.2) is 0 Å². The summed E-state index contributed by atoms with van der Waals surface area (Å²) in [4.78, 5) is 0.877. The van der Waals surface area contributed by atoms with E-state index < -0.39 is 0 Å². The Hall–Kier alpha value is -0.700. The molecule has 2 aromatic carbocycles. The maximum absolute atomic E-state index is 6.15. The van der Waals surface area contributed by atoms with Crippen LogP contribution in [0.2, 0.25) is 0 Å². The number of hydrogen-bond donors (Lipinski definition) is 1. The summed E-state index contributed by atoms with van der Waals surface area (Å²) in [5, 5.41) is 3.51. The first-order valence-electron chi connectivity index (χ1n) is 9.50. The van der Waals surface area contributed by atoms with E-state index >= 15 is 0 Å². The Morgan fingerprint density at radius 1 is 1.18 bits per heavy atom. The fourth-order valence-corrected chi connectivity index (χ4v) is 5.55. The molecule has 0 saturated heterocycles. The van der Waals surface area contributed by atoms with Crippen LogP contribution >= 0.6 is 50.7 Å². The summed E-state index contributed by atoms with van der Waals surface area (Å²) in [5.74, 6) is 0.795. The molecular formula is C22H25BrINO2S. The molecule has 0 radical (unpaired) electrons. The van der Waals surface area contributed by atoms with Crippen molar-refractivity contribution >= 4 is 61.4 Å². The smallest absolute Gasteiger partial charge is 0.135 e. The van der Waals surface area contributed by atoms with Crippen molar-refractivity contribution in [2.45, 2.75) is 38.7 Å². The quantitative estimate of drug-likeness (QED) is 0.286. The van der Waals surface area contributed by atoms with Gasteiger partial charge in [0.1, 0.15) is 5.75 Å². The molecule has 0 amide bonds. The summed E-state index contributed by atoms with van der Waals surface area (Å²) in [6, 6.07) is 14.4. The van der Waals surface area contributed by atoms with E-state index in [2.05, 4.69) is 56.0 Å². The molecule has 0 heterocycles. The molecule has 0 atom stereocenters. The molecule has 1 aliphatic carbocycles. The van der Waals surface area contributed by atoms with Crippen LogP contribution in [0.5, 0.6) is 5.75 Å². The van der Waals surface area contributed by atoms with Crippen molar-refractivity contribution in [1.82, 2.24) is 0 Å². The number of halogens is 2. The van der Waals surface area contributed by atoms with E-state index in [0.717, 1.165) is 37.3 Å². The number of anilines is 1. The zero-order chi connectivity index (χ0) is 20.0. The molecule has 0 aromatic heterocycles. The summed E-state index contributed by atoms with van der Waals surface area (Å²) in [6.45, 7) is 1.27. The fraction of sp³-hybridized carbons (Fsp3) is 0.409. The Morgan fingerprint density at radius 3 is 2.57 bits per heavy atom. The Bertz CT molecular complexity index is 810. The second kappa shape index (κ2) is 10.4. The third-order valence-electron chi connectivity index (χ3n) is 5.27. The molecule has 0 unspecified atom stereocenters. The van der Waals surface area contributed by atoms with Crippen LogP contribution in [0.25, 0.3) is 0 Å². The first-order valence-corrected chi connectivity index (χ1v) is 11.8. The number of hydrogen-bond acceptors (Lipinski definition) is 3. The highest BCUT2D eigenvalue weighted by atomic mass is 127. The van der Waals surface area contributed by atoms with Gasteiger partial charge in [0.05, 0.1) is 35.5 Å². The van der Waals surface area contributed by atoms with E-state index in [0.29, 0.717) is 13.2 Å². The van der Waals surface area contributed by atoms with Crippen molar-refractivity contribution in [3.05, 3.63) is 56.1 Å². The Morgan fingerprint density at radius 2 is 1.89 bits per heavy atom. The lowest BCUT2D eigenvalue weighted by molar-refractivity contribution is 0.0493. The van der Waals surface area contributed by atoms with Gasteiger partial charge >= 0.3 is 0 Å². The van der Waals surface area contributed by atoms with Gasteiger partial charge in [0, 0.05) is 15.1 Å². The average molecular weight is 574 g/mol. The van der Waals surface area contributed by atoms with Crippen molar-refractivity contribution < 1.29 is 9.47 Å². The van der Waals surface area contributed by atoms with Gasteiger partial charge in [-0.15, -0.1) is 0 Å². The summed E-state index contributed by atoms with van der Waals surface area (Å²) in [6.07, 6.45) is 5.79. The largest absolute Gasteiger partial charge is 0.495 e. The molecule has 1 aliphatic rings. The molecule has 3 rings (SSSR count). The van der Waals surface area contributed by atoms with Crippen LogP contribution in [-0.4, -0.2) is 18.7 Å². The standard InChI is InChI=1S/C22H25BrINO2S/c1-26-20-13-19(18(24)12-17(20)23)25-21(28)22(10-6-3-7-11-22)15-27-14-16-8-4-2-5-9-16/h2,4-5,8-9,12-13H,3,6-7,10-11,14-15H2,1H3,(H,25,28). The van der Waals surface area contributed by atoms with Gasteiger partial charge in [0.2, 0.25) is 0 Å². The lowest BCUT2D eigenvalue weighted by Gasteiger charge is -2.38. The minimum Gasteiger partial charge on any atom is -0.495 e. The van der Waals surface area contributed by atoms with Crippen LogP contribution in [0, 0.1) is 8.99 Å². The van der Waals surface area contributed by atoms with Gasteiger partial charge in [-0.3, -0.25) is 0 Å². The molecule has 0 bridgehead atoms. The summed E-state index contributed by atoms with van der Waals surface area (Å²) < 4.78 is 13.6. The minimum atomic E-state index is -0.105. The summed E-state index contributed by atoms with van der Waals surface area (Å²) in [7, 11) is 1.68. The Labute approximate surface area is 194 Å². The van der Waals surface area contributed by atoms with E-state index in [1.54, 1.807) is 7.11 Å². The first-order chi connectivity index (χ1) is 13.5. The topological polar surface area (TPSA) is 30.5 Å². The minimum absolute atomic E-state index is 0.105. The van der Waals surface area contributed by atoms with Gasteiger partial charge in [-0.1, -0.05) is 61.8 Å². The number of methoxy groups -OCH3 is 1. The lowest BCUT2D eigenvalue weighted by Crippen LogP contribution is -2.40. The number of thiocarbonyl (C=S) groups is 1. The Kier molecular flexibility index (Phi) is 8.14. The zero-order valence-corrected chi connectivity index (χ0v) is 20.5. The van der Waals surface area contributed by atoms with Gasteiger partial charge in [0.25, 0.3) is 0 Å². The molecule has 0 spiro atoms. The third kappa shape index (κ3) is 5.46. The van der Waals surface area contributed by atoms with Crippen LogP contribution in [0.15, 0.2) is 46.9 Å². The third-order valence-corrected chi connectivity index (χ3v) is 7.32. The average Bonchev–Trinajstić information content (AvgIpc) is 2.71. The van der Waals surface area contributed by atoms with Crippen LogP contribution < -0.4 is 10.1 Å². The van der Waals surface area contributed by atoms with Crippen LogP contribution in [0.4, 0.5) is 5.69 Å². The van der Waals surface area contributed by atoms with Gasteiger partial charge < -0.3 is 14.8 Å². The van der Waals surface area contributed by atoms with E-state index in [-0.39, 0.29) is 5.41 Å². The second-order valence-electron chi connectivity index (χ2n) is 7.24. The summed E-state index contributed by atoms with van der Waals surface area (Å²) in [5.41, 5.74) is 2.07. The fourth-order valence-electron chi connectivity index (χ4n) is 3.64. The first kappa shape index (κ1) is 22.0. The van der Waals surface area contributed by atoms with E-state index in [1.165, 1.54) is 24.8 Å². The molecule has 0 aliphatic heterocycles. The monoisotopic (exact) mass is 573 g/mol. The molecule has 150 valence electrons. The van der Waals surface area contributed by atoms with Crippen LogP contribution in [0.1, 0.15) is 37.7 Å². The van der Waals surface area contributed by atoms with Crippen molar-refractivity contribution in [2.24, 2.45) is 5.41 Å². The number of ether oxygens (including phenoxy) is 2. The lowest BCUT2D eigenvalue weighted by atomic mass is 9.74. The van der Waals surface area contributed by atoms with E-state index in [1.807, 2.05) is 30.3 Å². The molecule has 6 heteroatoms. The number of rotatable bonds is 7. The predicted molar refractivity (Wildman–Crippen MR) is 131 cm³/mol. The number of benzene rings is 2. The normalized spacial score (nSPS) is 15.8. The molecule has 28 heavy (non-hydrogen) atoms. The maximum atomic E-state index is 6.15. The van der Waals surface area contributed by atoms with Crippen LogP contribution in [0.3, 0.4) is 0 Å². The van der Waals surface area contributed by atoms with Crippen LogP contribution in [-0.2, 0) is 11.3 Å². The van der Waals surface area contributed by atoms with E-state index in [4.69, 9.17) is 21.7 Å². The molecule has 2 aromatic rings. The number of nitrogens with one attached hydrogen (secondary N) is 1. The molecule has 1 saturated carbocycles. The molecule has 3 nitrogen and oxygen atoms in total. The second-order valence-corrected chi connectivity index (χ2v) is 9.66. The SMILES string of the molecule is COc1cc(NC(=S)C2(COCc3ccccc3)CCCCC2)c(I)cc1Br. The van der Waals surface area contributed by atoms with Gasteiger partial charge in [-0.05, 0) is 63.0 Å². The van der Waals surface area contributed by atoms with Crippen molar-refractivity contribution in [3.63, 3.8) is 0 Å². The van der Waals surface area contributed by atoms with Crippen molar-refractivity contribution in [3.8, 4) is 5.75 Å². The molecular weight excluding hydrogens is 549 g/mol. The molecule has 1 N–H and O–H groups in total. The zero-order valence-electron chi connectivity index (χ0n) is 16.0. The maximum Gasteiger partial charge on any atom is 0.135 e. The highest BCUT2D eigenvalue weighted by Crippen LogP contribution is 2.40. The van der Waals surface area contributed by atoms with Crippen molar-refractivity contribution in [1.29, 1.82) is 0 Å². The Balaban J connectivity index is 1.72. The molecule has 1 fully saturated rings. The van der Waals surface area contributed by atoms with Gasteiger partial charge in [-0.2, -0.15) is 0 Å². The summed E-state index contributed by atoms with van der Waals surface area (Å²) >= 11 is 11.8. The predicted octanol–water partition coefficient (Wildman–Crippen LogP) is 6.97. The highest BCUT2D eigenvalue weighted by molar-refractivity contribution is 14.1.